The van der Waals surface area contributed by atoms with E-state index in [1.165, 1.54) is 43.5 Å². The van der Waals surface area contributed by atoms with Gasteiger partial charge in [0.25, 0.3) is 0 Å². The van der Waals surface area contributed by atoms with Crippen LogP contribution >= 0.6 is 0 Å². The van der Waals surface area contributed by atoms with E-state index in [0.717, 1.165) is 56.4 Å². The molecule has 0 saturated heterocycles. The van der Waals surface area contributed by atoms with E-state index in [1.807, 2.05) is 0 Å². The summed E-state index contributed by atoms with van der Waals surface area (Å²) in [4.78, 5) is 5.18. The number of aromatic nitrogens is 1. The second-order valence-electron chi connectivity index (χ2n) is 11.5. The number of nitrogens with zero attached hydrogens (tertiary/aromatic N) is 2. The zero-order valence-electron chi connectivity index (χ0n) is 23.2. The summed E-state index contributed by atoms with van der Waals surface area (Å²) in [6.45, 7) is 0. The quantitative estimate of drug-likeness (QED) is 0.211. The van der Waals surface area contributed by atoms with E-state index in [2.05, 4.69) is 138 Å². The third kappa shape index (κ3) is 3.16. The fourth-order valence-corrected chi connectivity index (χ4v) is 7.26. The Labute approximate surface area is 246 Å². The minimum Gasteiger partial charge on any atom is -0.455 e. The Morgan fingerprint density at radius 2 is 1.28 bits per heavy atom. The Hall–Kier alpha value is -5.67. The molecule has 0 N–H and O–H groups in total. The molecule has 0 radical (unpaired) electrons. The number of fused-ring (bicyclic) bond motifs is 11. The highest BCUT2D eigenvalue weighted by Crippen LogP contribution is 2.42. The van der Waals surface area contributed by atoms with Gasteiger partial charge in [-0.15, -0.1) is 0 Å². The van der Waals surface area contributed by atoms with E-state index in [0.29, 0.717) is 0 Å². The van der Waals surface area contributed by atoms with Crippen LogP contribution in [0.15, 0.2) is 143 Å². The van der Waals surface area contributed by atoms with Crippen molar-refractivity contribution in [1.29, 1.82) is 0 Å². The van der Waals surface area contributed by atoms with Crippen molar-refractivity contribution in [3.05, 3.63) is 145 Å². The van der Waals surface area contributed by atoms with Crippen molar-refractivity contribution in [3.63, 3.8) is 0 Å². The highest BCUT2D eigenvalue weighted by atomic mass is 16.3. The lowest BCUT2D eigenvalue weighted by molar-refractivity contribution is 0.672. The van der Waals surface area contributed by atoms with Gasteiger partial charge in [0.05, 0.1) is 28.1 Å². The summed E-state index contributed by atoms with van der Waals surface area (Å²) < 4.78 is 9.25. The van der Waals surface area contributed by atoms with Crippen molar-refractivity contribution in [2.75, 3.05) is 0 Å². The highest BCUT2D eigenvalue weighted by Gasteiger charge is 2.24. The molecule has 0 amide bonds. The molecule has 0 bridgehead atoms. The van der Waals surface area contributed by atoms with Crippen molar-refractivity contribution in [2.24, 2.45) is 4.99 Å². The molecule has 9 aromatic rings. The fourth-order valence-electron chi connectivity index (χ4n) is 7.26. The van der Waals surface area contributed by atoms with Crippen molar-refractivity contribution < 1.29 is 4.42 Å². The molecule has 0 atom stereocenters. The second-order valence-corrected chi connectivity index (χ2v) is 11.5. The van der Waals surface area contributed by atoms with Crippen LogP contribution in [0, 0.1) is 0 Å². The maximum atomic E-state index is 6.83. The van der Waals surface area contributed by atoms with Crippen LogP contribution in [0.4, 0.5) is 5.69 Å². The minimum absolute atomic E-state index is 0.797. The van der Waals surface area contributed by atoms with E-state index >= 15 is 0 Å². The SMILES string of the molecule is c1ccc2c(c1)CC(c1cc(-n3c4ccccc4c4ccc5ccccc5c43)cc3oc4c5ccccc5ccc4c13)=N2. The molecule has 3 heterocycles. The van der Waals surface area contributed by atoms with Crippen LogP contribution in [0.5, 0.6) is 0 Å². The summed E-state index contributed by atoms with van der Waals surface area (Å²) >= 11 is 0. The Balaban J connectivity index is 1.37. The van der Waals surface area contributed by atoms with Gasteiger partial charge in [0.1, 0.15) is 11.2 Å². The van der Waals surface area contributed by atoms with Gasteiger partial charge in [-0.05, 0) is 40.6 Å². The predicted octanol–water partition coefficient (Wildman–Crippen LogP) is 10.7. The van der Waals surface area contributed by atoms with Crippen LogP contribution in [0.25, 0.3) is 71.0 Å². The zero-order chi connectivity index (χ0) is 28.1. The summed E-state index contributed by atoms with van der Waals surface area (Å²) in [6.07, 6.45) is 0.797. The minimum atomic E-state index is 0.797. The predicted molar refractivity (Wildman–Crippen MR) is 179 cm³/mol. The molecule has 3 heteroatoms. The fraction of sp³-hybridized carbons (Fsp3) is 0.0250. The average Bonchev–Trinajstić information content (AvgIpc) is 3.76. The molecule has 7 aromatic carbocycles. The van der Waals surface area contributed by atoms with Crippen molar-refractivity contribution >= 4 is 76.7 Å². The Morgan fingerprint density at radius 3 is 2.14 bits per heavy atom. The van der Waals surface area contributed by atoms with E-state index in [-0.39, 0.29) is 0 Å². The number of para-hydroxylation sites is 2. The van der Waals surface area contributed by atoms with Gasteiger partial charge in [0, 0.05) is 50.4 Å². The number of rotatable bonds is 2. The number of aliphatic imine (C=N–C) groups is 1. The van der Waals surface area contributed by atoms with Crippen LogP contribution in [-0.2, 0) is 6.42 Å². The summed E-state index contributed by atoms with van der Waals surface area (Å²) in [7, 11) is 0. The molecule has 0 saturated carbocycles. The molecule has 3 nitrogen and oxygen atoms in total. The van der Waals surface area contributed by atoms with Crippen LogP contribution in [0.1, 0.15) is 11.1 Å². The topological polar surface area (TPSA) is 30.4 Å². The van der Waals surface area contributed by atoms with Crippen LogP contribution < -0.4 is 0 Å². The number of furan rings is 1. The van der Waals surface area contributed by atoms with Crippen LogP contribution in [-0.4, -0.2) is 10.3 Å². The molecule has 0 fully saturated rings. The van der Waals surface area contributed by atoms with Gasteiger partial charge in [-0.25, -0.2) is 0 Å². The maximum Gasteiger partial charge on any atom is 0.143 e. The molecule has 0 unspecified atom stereocenters. The van der Waals surface area contributed by atoms with E-state index in [9.17, 15) is 0 Å². The van der Waals surface area contributed by atoms with E-state index in [4.69, 9.17) is 9.41 Å². The summed E-state index contributed by atoms with van der Waals surface area (Å²) in [6, 6.07) is 47.8. The lowest BCUT2D eigenvalue weighted by Gasteiger charge is -2.13. The number of hydrogen-bond acceptors (Lipinski definition) is 2. The molecule has 1 aliphatic heterocycles. The molecule has 200 valence electrons. The van der Waals surface area contributed by atoms with Gasteiger partial charge in [0.15, 0.2) is 0 Å². The summed E-state index contributed by atoms with van der Waals surface area (Å²) in [5.74, 6) is 0. The van der Waals surface area contributed by atoms with Gasteiger partial charge in [-0.1, -0.05) is 103 Å². The molecular weight excluding hydrogens is 524 g/mol. The number of benzene rings is 7. The zero-order valence-corrected chi connectivity index (χ0v) is 23.2. The van der Waals surface area contributed by atoms with Crippen LogP contribution in [0.3, 0.4) is 0 Å². The highest BCUT2D eigenvalue weighted by molar-refractivity contribution is 6.25. The molecule has 1 aliphatic rings. The van der Waals surface area contributed by atoms with Gasteiger partial charge in [-0.2, -0.15) is 0 Å². The monoisotopic (exact) mass is 548 g/mol. The van der Waals surface area contributed by atoms with Crippen molar-refractivity contribution in [1.82, 2.24) is 4.57 Å². The molecule has 0 aliphatic carbocycles. The largest absolute Gasteiger partial charge is 0.455 e. The lowest BCUT2D eigenvalue weighted by atomic mass is 9.97. The normalized spacial score (nSPS) is 13.2. The maximum absolute atomic E-state index is 6.83. The van der Waals surface area contributed by atoms with E-state index in [1.54, 1.807) is 0 Å². The molecule has 43 heavy (non-hydrogen) atoms. The van der Waals surface area contributed by atoms with E-state index < -0.39 is 0 Å². The van der Waals surface area contributed by atoms with Crippen molar-refractivity contribution in [3.8, 4) is 5.69 Å². The molecule has 2 aromatic heterocycles. The first kappa shape index (κ1) is 23.0. The molecular formula is C40H24N2O. The Kier molecular flexibility index (Phi) is 4.50. The number of hydrogen-bond donors (Lipinski definition) is 0. The molecule has 10 rings (SSSR count). The first-order chi connectivity index (χ1) is 21.3. The van der Waals surface area contributed by atoms with Gasteiger partial charge in [-0.3, -0.25) is 4.99 Å². The van der Waals surface area contributed by atoms with Gasteiger partial charge >= 0.3 is 0 Å². The van der Waals surface area contributed by atoms with Crippen LogP contribution in [0.2, 0.25) is 0 Å². The Bertz CT molecular complexity index is 2650. The molecule has 0 spiro atoms. The van der Waals surface area contributed by atoms with Crippen molar-refractivity contribution in [2.45, 2.75) is 6.42 Å². The lowest BCUT2D eigenvalue weighted by Crippen LogP contribution is -2.04. The smallest absolute Gasteiger partial charge is 0.143 e. The second kappa shape index (κ2) is 8.43. The third-order valence-electron chi connectivity index (χ3n) is 9.18. The first-order valence-corrected chi connectivity index (χ1v) is 14.8. The summed E-state index contributed by atoms with van der Waals surface area (Å²) in [5.41, 5.74) is 9.79. The standard InChI is InChI=1S/C40H24N2O/c1-4-12-28-24(9-1)17-19-31-30-14-6-8-16-36(30)42(39(28)31)27-22-33(35-21-26-11-3-7-15-34(26)41-35)38-32-20-18-25-10-2-5-13-29(25)40(32)43-37(38)23-27/h1-20,22-23H,21H2. The van der Waals surface area contributed by atoms with Gasteiger partial charge in [0.2, 0.25) is 0 Å². The van der Waals surface area contributed by atoms with Gasteiger partial charge < -0.3 is 8.98 Å². The average molecular weight is 549 g/mol. The Morgan fingerprint density at radius 1 is 0.581 bits per heavy atom. The summed E-state index contributed by atoms with van der Waals surface area (Å²) in [5, 5.41) is 9.51. The third-order valence-corrected chi connectivity index (χ3v) is 9.18. The first-order valence-electron chi connectivity index (χ1n) is 14.8.